The van der Waals surface area contributed by atoms with E-state index in [1.54, 1.807) is 6.20 Å². The van der Waals surface area contributed by atoms with Crippen molar-refractivity contribution in [3.05, 3.63) is 56.3 Å². The van der Waals surface area contributed by atoms with Crippen molar-refractivity contribution in [1.29, 1.82) is 0 Å². The fourth-order valence-electron chi connectivity index (χ4n) is 2.44. The standard InChI is InChI=1S/C14H9BBrCl2N/c15-11-5-10-7(4-12(11)17)1-2-8-3-9(16)6-19-14(8)13(10)18/h3-6,13H,1-2H2. The van der Waals surface area contributed by atoms with Gasteiger partial charge in [-0.3, -0.25) is 4.98 Å². The van der Waals surface area contributed by atoms with Gasteiger partial charge in [0.2, 0.25) is 0 Å². The SMILES string of the molecule is [B]c1cc2c(cc1Cl)CCc1cc(Br)cnc1C2Cl. The summed E-state index contributed by atoms with van der Waals surface area (Å²) >= 11 is 16.1. The van der Waals surface area contributed by atoms with Crippen LogP contribution in [0.2, 0.25) is 5.02 Å². The Kier molecular flexibility index (Phi) is 3.63. The largest absolute Gasteiger partial charge is 0.258 e. The number of fused-ring (bicyclic) bond motifs is 2. The van der Waals surface area contributed by atoms with E-state index in [9.17, 15) is 0 Å². The highest BCUT2D eigenvalue weighted by Gasteiger charge is 2.23. The van der Waals surface area contributed by atoms with Crippen molar-refractivity contribution >= 4 is 52.4 Å². The maximum absolute atomic E-state index is 6.58. The minimum absolute atomic E-state index is 0.278. The Morgan fingerprint density at radius 1 is 1.21 bits per heavy atom. The molecule has 1 aromatic carbocycles. The minimum Gasteiger partial charge on any atom is -0.258 e. The van der Waals surface area contributed by atoms with Crippen LogP contribution >= 0.6 is 39.1 Å². The van der Waals surface area contributed by atoms with Crippen LogP contribution in [-0.2, 0) is 12.8 Å². The molecule has 0 aliphatic heterocycles. The zero-order chi connectivity index (χ0) is 13.6. The number of alkyl halides is 1. The van der Waals surface area contributed by atoms with Gasteiger partial charge >= 0.3 is 0 Å². The van der Waals surface area contributed by atoms with E-state index in [4.69, 9.17) is 31.0 Å². The maximum Gasteiger partial charge on any atom is 0.115 e. The van der Waals surface area contributed by atoms with Crippen LogP contribution in [0.15, 0.2) is 28.9 Å². The highest BCUT2D eigenvalue weighted by molar-refractivity contribution is 9.10. The molecule has 0 spiro atoms. The van der Waals surface area contributed by atoms with Crippen molar-refractivity contribution in [2.45, 2.75) is 18.2 Å². The molecule has 2 radical (unpaired) electrons. The number of hydrogen-bond donors (Lipinski definition) is 0. The Morgan fingerprint density at radius 2 is 1.95 bits per heavy atom. The molecule has 0 bridgehead atoms. The molecular formula is C14H9BBrCl2N. The first-order chi connectivity index (χ1) is 9.06. The molecule has 19 heavy (non-hydrogen) atoms. The van der Waals surface area contributed by atoms with Crippen LogP contribution in [0.3, 0.4) is 0 Å². The summed E-state index contributed by atoms with van der Waals surface area (Å²) < 4.78 is 0.971. The Labute approximate surface area is 131 Å². The summed E-state index contributed by atoms with van der Waals surface area (Å²) in [5.41, 5.74) is 4.79. The smallest absolute Gasteiger partial charge is 0.115 e. The molecule has 0 N–H and O–H groups in total. The molecule has 1 heterocycles. The van der Waals surface area contributed by atoms with Crippen LogP contribution in [0.4, 0.5) is 0 Å². The molecular weight excluding hydrogens is 344 g/mol. The minimum atomic E-state index is -0.278. The van der Waals surface area contributed by atoms with E-state index in [0.717, 1.165) is 34.1 Å². The van der Waals surface area contributed by atoms with Gasteiger partial charge in [-0.25, -0.2) is 0 Å². The first kappa shape index (κ1) is 13.5. The van der Waals surface area contributed by atoms with E-state index in [1.807, 2.05) is 12.1 Å². The Balaban J connectivity index is 2.17. The predicted octanol–water partition coefficient (Wildman–Crippen LogP) is 3.72. The van der Waals surface area contributed by atoms with Crippen molar-refractivity contribution in [2.24, 2.45) is 0 Å². The average Bonchev–Trinajstić information content (AvgIpc) is 2.50. The number of rotatable bonds is 0. The highest BCUT2D eigenvalue weighted by atomic mass is 79.9. The summed E-state index contributed by atoms with van der Waals surface area (Å²) in [7, 11) is 5.88. The monoisotopic (exact) mass is 351 g/mol. The zero-order valence-corrected chi connectivity index (χ0v) is 13.1. The van der Waals surface area contributed by atoms with Crippen LogP contribution in [0, 0.1) is 0 Å². The number of hydrogen-bond acceptors (Lipinski definition) is 1. The molecule has 1 unspecified atom stereocenters. The van der Waals surface area contributed by atoms with Crippen molar-refractivity contribution in [2.75, 3.05) is 0 Å². The van der Waals surface area contributed by atoms with E-state index in [1.165, 1.54) is 5.56 Å². The topological polar surface area (TPSA) is 12.9 Å². The maximum atomic E-state index is 6.58. The Morgan fingerprint density at radius 3 is 2.74 bits per heavy atom. The van der Waals surface area contributed by atoms with Gasteiger partial charge in [-0.1, -0.05) is 23.1 Å². The number of pyridine rings is 1. The molecule has 1 atom stereocenters. The van der Waals surface area contributed by atoms with Gasteiger partial charge < -0.3 is 0 Å². The van der Waals surface area contributed by atoms with Gasteiger partial charge in [0, 0.05) is 15.7 Å². The predicted molar refractivity (Wildman–Crippen MR) is 83.9 cm³/mol. The lowest BCUT2D eigenvalue weighted by atomic mass is 9.90. The fraction of sp³-hybridized carbons (Fsp3) is 0.214. The lowest BCUT2D eigenvalue weighted by Gasteiger charge is -2.14. The van der Waals surface area contributed by atoms with Crippen molar-refractivity contribution in [1.82, 2.24) is 4.98 Å². The third-order valence-electron chi connectivity index (χ3n) is 3.40. The van der Waals surface area contributed by atoms with Crippen LogP contribution in [0.25, 0.3) is 0 Å². The van der Waals surface area contributed by atoms with Gasteiger partial charge in [-0.05, 0) is 57.6 Å². The van der Waals surface area contributed by atoms with Gasteiger partial charge in [0.15, 0.2) is 0 Å². The lowest BCUT2D eigenvalue weighted by molar-refractivity contribution is 0.947. The molecule has 0 saturated heterocycles. The van der Waals surface area contributed by atoms with Crippen molar-refractivity contribution < 1.29 is 0 Å². The molecule has 1 aliphatic carbocycles. The lowest BCUT2D eigenvalue weighted by Crippen LogP contribution is -2.09. The van der Waals surface area contributed by atoms with E-state index in [0.29, 0.717) is 10.5 Å². The van der Waals surface area contributed by atoms with Crippen LogP contribution in [-0.4, -0.2) is 12.8 Å². The van der Waals surface area contributed by atoms with E-state index in [-0.39, 0.29) is 5.38 Å². The summed E-state index contributed by atoms with van der Waals surface area (Å²) in [6.45, 7) is 0. The third-order valence-corrected chi connectivity index (χ3v) is 4.61. The molecule has 1 nitrogen and oxygen atoms in total. The normalized spacial score (nSPS) is 17.5. The molecule has 3 rings (SSSR count). The number of aryl methyl sites for hydroxylation is 2. The number of nitrogens with zero attached hydrogens (tertiary/aromatic N) is 1. The molecule has 1 aliphatic rings. The summed E-state index contributed by atoms with van der Waals surface area (Å²) in [6.07, 6.45) is 3.57. The second kappa shape index (κ2) is 5.12. The zero-order valence-electron chi connectivity index (χ0n) is 9.96. The van der Waals surface area contributed by atoms with Crippen LogP contribution in [0.5, 0.6) is 0 Å². The molecule has 2 aromatic rings. The Hall–Kier alpha value is -0.505. The summed E-state index contributed by atoms with van der Waals surface area (Å²) in [5.74, 6) is 0. The molecule has 94 valence electrons. The first-order valence-electron chi connectivity index (χ1n) is 5.92. The van der Waals surface area contributed by atoms with Crippen molar-refractivity contribution in [3.8, 4) is 0 Å². The van der Waals surface area contributed by atoms with E-state index >= 15 is 0 Å². The second-order valence-corrected chi connectivity index (χ2v) is 6.39. The third kappa shape index (κ3) is 2.44. The summed E-state index contributed by atoms with van der Waals surface area (Å²) in [4.78, 5) is 4.46. The highest BCUT2D eigenvalue weighted by Crippen LogP contribution is 2.36. The molecule has 5 heteroatoms. The molecule has 0 fully saturated rings. The summed E-state index contributed by atoms with van der Waals surface area (Å²) in [6, 6.07) is 5.87. The van der Waals surface area contributed by atoms with Crippen LogP contribution < -0.4 is 5.46 Å². The van der Waals surface area contributed by atoms with Gasteiger partial charge in [0.25, 0.3) is 0 Å². The van der Waals surface area contributed by atoms with E-state index < -0.39 is 0 Å². The fourth-order valence-corrected chi connectivity index (χ4v) is 3.40. The van der Waals surface area contributed by atoms with Crippen LogP contribution in [0.1, 0.15) is 27.8 Å². The van der Waals surface area contributed by atoms with Gasteiger partial charge in [-0.15, -0.1) is 11.6 Å². The van der Waals surface area contributed by atoms with Gasteiger partial charge in [-0.2, -0.15) is 0 Å². The molecule has 1 aromatic heterocycles. The molecule has 0 saturated carbocycles. The van der Waals surface area contributed by atoms with E-state index in [2.05, 4.69) is 27.0 Å². The second-order valence-electron chi connectivity index (χ2n) is 4.63. The number of benzene rings is 1. The Bertz CT molecular complexity index is 660. The number of halogens is 3. The van der Waals surface area contributed by atoms with Crippen molar-refractivity contribution in [3.63, 3.8) is 0 Å². The number of aromatic nitrogens is 1. The molecule has 0 amide bonds. The van der Waals surface area contributed by atoms with Gasteiger partial charge in [0.1, 0.15) is 13.2 Å². The van der Waals surface area contributed by atoms with Gasteiger partial charge in [0.05, 0.1) is 5.69 Å². The summed E-state index contributed by atoms with van der Waals surface area (Å²) in [5, 5.41) is 0.308. The quantitative estimate of drug-likeness (QED) is 0.520. The first-order valence-corrected chi connectivity index (χ1v) is 7.53. The average molecular weight is 353 g/mol.